The lowest BCUT2D eigenvalue weighted by Crippen LogP contribution is -2.27. The number of carbonyl (C=O) groups excluding carboxylic acids is 1. The van der Waals surface area contributed by atoms with Crippen LogP contribution in [0, 0.1) is 0 Å². The van der Waals surface area contributed by atoms with Gasteiger partial charge in [-0.2, -0.15) is 0 Å². The number of anilines is 1. The monoisotopic (exact) mass is 335 g/mol. The lowest BCUT2D eigenvalue weighted by atomic mass is 10.0. The third kappa shape index (κ3) is 3.61. The van der Waals surface area contributed by atoms with E-state index in [-0.39, 0.29) is 11.7 Å². The van der Waals surface area contributed by atoms with Crippen LogP contribution in [-0.2, 0) is 11.3 Å². The lowest BCUT2D eigenvalue weighted by Gasteiger charge is -2.22. The van der Waals surface area contributed by atoms with Gasteiger partial charge >= 0.3 is 5.97 Å². The van der Waals surface area contributed by atoms with Gasteiger partial charge in [-0.05, 0) is 29.3 Å². The summed E-state index contributed by atoms with van der Waals surface area (Å²) in [6.45, 7) is 1.95. The number of rotatable bonds is 5. The zero-order valence-corrected chi connectivity index (χ0v) is 13.7. The Kier molecular flexibility index (Phi) is 4.66. The van der Waals surface area contributed by atoms with Crippen molar-refractivity contribution in [2.24, 2.45) is 0 Å². The van der Waals surface area contributed by atoms with E-state index in [2.05, 4.69) is 0 Å². The van der Waals surface area contributed by atoms with Crippen LogP contribution in [0.3, 0.4) is 0 Å². The van der Waals surface area contributed by atoms with Crippen molar-refractivity contribution in [3.05, 3.63) is 78.3 Å². The molecule has 0 bridgehead atoms. The molecule has 126 valence electrons. The van der Waals surface area contributed by atoms with Gasteiger partial charge in [0.25, 0.3) is 0 Å². The smallest absolute Gasteiger partial charge is 0.372 e. The third-order valence-corrected chi connectivity index (χ3v) is 3.89. The Morgan fingerprint density at radius 1 is 1.04 bits per heavy atom. The summed E-state index contributed by atoms with van der Waals surface area (Å²) < 4.78 is 5.04. The third-order valence-electron chi connectivity index (χ3n) is 3.89. The summed E-state index contributed by atoms with van der Waals surface area (Å²) in [5, 5.41) is 9.22. The highest BCUT2D eigenvalue weighted by Crippen LogP contribution is 2.29. The molecule has 1 N–H and O–H groups in total. The molecule has 0 radical (unpaired) electrons. The second kappa shape index (κ2) is 7.05. The molecular formula is C20H17NO4. The average molecular weight is 335 g/mol. The molecule has 0 saturated heterocycles. The van der Waals surface area contributed by atoms with Crippen LogP contribution in [0.4, 0.5) is 5.69 Å². The van der Waals surface area contributed by atoms with E-state index < -0.39 is 5.97 Å². The molecule has 0 unspecified atom stereocenters. The minimum atomic E-state index is -1.13. The van der Waals surface area contributed by atoms with E-state index in [1.807, 2.05) is 36.4 Å². The topological polar surface area (TPSA) is 70.8 Å². The van der Waals surface area contributed by atoms with Gasteiger partial charge in [0.1, 0.15) is 0 Å². The van der Waals surface area contributed by atoms with Gasteiger partial charge < -0.3 is 14.4 Å². The Labute approximate surface area is 145 Å². The standard InChI is InChI=1S/C20H17NO4/c1-14(22)21(13-15-6-3-2-4-7-15)17-9-5-8-16(12-17)18-10-11-25-19(18)20(23)24/h2-12H,13H2,1H3,(H,23,24). The van der Waals surface area contributed by atoms with E-state index in [4.69, 9.17) is 4.42 Å². The van der Waals surface area contributed by atoms with Crippen LogP contribution in [0.5, 0.6) is 0 Å². The maximum Gasteiger partial charge on any atom is 0.372 e. The van der Waals surface area contributed by atoms with Gasteiger partial charge in [-0.25, -0.2) is 4.79 Å². The summed E-state index contributed by atoms with van der Waals surface area (Å²) in [6.07, 6.45) is 1.35. The highest BCUT2D eigenvalue weighted by Gasteiger charge is 2.18. The van der Waals surface area contributed by atoms with Crippen molar-refractivity contribution < 1.29 is 19.1 Å². The van der Waals surface area contributed by atoms with Crippen LogP contribution in [-0.4, -0.2) is 17.0 Å². The van der Waals surface area contributed by atoms with E-state index in [1.54, 1.807) is 29.2 Å². The SMILES string of the molecule is CC(=O)N(Cc1ccccc1)c1cccc(-c2ccoc2C(=O)O)c1. The molecule has 0 aliphatic carbocycles. The second-order valence-electron chi connectivity index (χ2n) is 5.61. The van der Waals surface area contributed by atoms with Gasteiger partial charge in [0.15, 0.2) is 0 Å². The molecule has 1 aromatic heterocycles. The summed E-state index contributed by atoms with van der Waals surface area (Å²) in [5.41, 5.74) is 2.88. The Balaban J connectivity index is 1.97. The Bertz CT molecular complexity index is 899. The van der Waals surface area contributed by atoms with Crippen LogP contribution in [0.2, 0.25) is 0 Å². The predicted molar refractivity (Wildman–Crippen MR) is 94.4 cm³/mol. The molecule has 0 atom stereocenters. The van der Waals surface area contributed by atoms with Crippen LogP contribution in [0.1, 0.15) is 23.0 Å². The number of carbonyl (C=O) groups is 2. The van der Waals surface area contributed by atoms with Gasteiger partial charge in [-0.1, -0.05) is 42.5 Å². The fourth-order valence-corrected chi connectivity index (χ4v) is 2.69. The van der Waals surface area contributed by atoms with Gasteiger partial charge in [-0.15, -0.1) is 0 Å². The number of aromatic carboxylic acids is 1. The van der Waals surface area contributed by atoms with Crippen molar-refractivity contribution in [3.63, 3.8) is 0 Å². The molecule has 1 heterocycles. The molecule has 3 rings (SSSR count). The van der Waals surface area contributed by atoms with Crippen molar-refractivity contribution in [1.29, 1.82) is 0 Å². The Morgan fingerprint density at radius 3 is 2.48 bits per heavy atom. The number of nitrogens with zero attached hydrogens (tertiary/aromatic N) is 1. The number of carboxylic acids is 1. The highest BCUT2D eigenvalue weighted by atomic mass is 16.4. The zero-order chi connectivity index (χ0) is 17.8. The maximum atomic E-state index is 12.1. The van der Waals surface area contributed by atoms with E-state index in [0.29, 0.717) is 23.4 Å². The lowest BCUT2D eigenvalue weighted by molar-refractivity contribution is -0.116. The fourth-order valence-electron chi connectivity index (χ4n) is 2.69. The highest BCUT2D eigenvalue weighted by molar-refractivity contribution is 5.95. The minimum Gasteiger partial charge on any atom is -0.475 e. The first-order valence-electron chi connectivity index (χ1n) is 7.79. The molecular weight excluding hydrogens is 318 g/mol. The second-order valence-corrected chi connectivity index (χ2v) is 5.61. The molecule has 0 fully saturated rings. The first kappa shape index (κ1) is 16.5. The number of hydrogen-bond acceptors (Lipinski definition) is 3. The van der Waals surface area contributed by atoms with E-state index in [1.165, 1.54) is 13.2 Å². The summed E-state index contributed by atoms with van der Waals surface area (Å²) in [5.74, 6) is -1.33. The van der Waals surface area contributed by atoms with Gasteiger partial charge in [0.05, 0.1) is 12.8 Å². The van der Waals surface area contributed by atoms with Crippen LogP contribution in [0.25, 0.3) is 11.1 Å². The zero-order valence-electron chi connectivity index (χ0n) is 13.7. The van der Waals surface area contributed by atoms with Crippen LogP contribution in [0.15, 0.2) is 71.3 Å². The molecule has 2 aromatic carbocycles. The average Bonchev–Trinajstić information content (AvgIpc) is 3.10. The molecule has 0 saturated carbocycles. The quantitative estimate of drug-likeness (QED) is 0.758. The fraction of sp³-hybridized carbons (Fsp3) is 0.100. The normalized spacial score (nSPS) is 10.4. The maximum absolute atomic E-state index is 12.1. The summed E-state index contributed by atoms with van der Waals surface area (Å²) in [7, 11) is 0. The number of amides is 1. The first-order valence-corrected chi connectivity index (χ1v) is 7.79. The summed E-state index contributed by atoms with van der Waals surface area (Å²) in [4.78, 5) is 25.1. The van der Waals surface area contributed by atoms with E-state index in [9.17, 15) is 14.7 Å². The molecule has 0 aliphatic heterocycles. The minimum absolute atomic E-state index is 0.0911. The largest absolute Gasteiger partial charge is 0.475 e. The summed E-state index contributed by atoms with van der Waals surface area (Å²) >= 11 is 0. The first-order chi connectivity index (χ1) is 12.1. The van der Waals surface area contributed by atoms with Crippen molar-refractivity contribution in [3.8, 4) is 11.1 Å². The summed E-state index contributed by atoms with van der Waals surface area (Å²) in [6, 6.07) is 18.5. The molecule has 0 spiro atoms. The van der Waals surface area contributed by atoms with Crippen molar-refractivity contribution in [1.82, 2.24) is 0 Å². The molecule has 5 nitrogen and oxygen atoms in total. The molecule has 1 amide bonds. The number of benzene rings is 2. The van der Waals surface area contributed by atoms with Crippen molar-refractivity contribution >= 4 is 17.6 Å². The van der Waals surface area contributed by atoms with E-state index in [0.717, 1.165) is 5.56 Å². The van der Waals surface area contributed by atoms with Gasteiger partial charge in [0.2, 0.25) is 11.7 Å². The van der Waals surface area contributed by atoms with Crippen LogP contribution < -0.4 is 4.90 Å². The van der Waals surface area contributed by atoms with Crippen molar-refractivity contribution in [2.75, 3.05) is 4.90 Å². The molecule has 5 heteroatoms. The van der Waals surface area contributed by atoms with Gasteiger partial charge in [-0.3, -0.25) is 4.79 Å². The number of carboxylic acid groups (broad SMARTS) is 1. The van der Waals surface area contributed by atoms with Crippen LogP contribution >= 0.6 is 0 Å². The molecule has 3 aromatic rings. The Morgan fingerprint density at radius 2 is 1.80 bits per heavy atom. The Hall–Kier alpha value is -3.34. The van der Waals surface area contributed by atoms with Gasteiger partial charge in [0, 0.05) is 18.2 Å². The van der Waals surface area contributed by atoms with Crippen molar-refractivity contribution in [2.45, 2.75) is 13.5 Å². The molecule has 25 heavy (non-hydrogen) atoms. The molecule has 0 aliphatic rings. The predicted octanol–water partition coefficient (Wildman–Crippen LogP) is 4.20. The number of furan rings is 1. The number of hydrogen-bond donors (Lipinski definition) is 1. The van der Waals surface area contributed by atoms with E-state index >= 15 is 0 Å².